The largest absolute Gasteiger partial charge is 0.497 e. The van der Waals surface area contributed by atoms with Crippen molar-refractivity contribution in [3.8, 4) is 5.75 Å². The quantitative estimate of drug-likeness (QED) is 0.308. The van der Waals surface area contributed by atoms with E-state index >= 15 is 0 Å². The number of rotatable bonds is 8. The van der Waals surface area contributed by atoms with Crippen LogP contribution in [0.25, 0.3) is 0 Å². The van der Waals surface area contributed by atoms with Gasteiger partial charge in [0.25, 0.3) is 0 Å². The Morgan fingerprint density at radius 2 is 1.93 bits per heavy atom. The zero-order valence-corrected chi connectivity index (χ0v) is 20.8. The molecule has 0 spiro atoms. The molecule has 0 aliphatic carbocycles. The normalized spacial score (nSPS) is 15.9. The van der Waals surface area contributed by atoms with Crippen molar-refractivity contribution in [1.29, 1.82) is 0 Å². The van der Waals surface area contributed by atoms with Crippen LogP contribution in [0.4, 0.5) is 0 Å². The summed E-state index contributed by atoms with van der Waals surface area (Å²) in [6.07, 6.45) is 0.0334. The third kappa shape index (κ3) is 8.27. The van der Waals surface area contributed by atoms with Gasteiger partial charge < -0.3 is 19.7 Å². The molecule has 1 fully saturated rings. The molecule has 2 rings (SSSR count). The minimum Gasteiger partial charge on any atom is -0.497 e. The van der Waals surface area contributed by atoms with Crippen molar-refractivity contribution in [1.82, 2.24) is 14.5 Å². The van der Waals surface area contributed by atoms with Crippen LogP contribution in [0.1, 0.15) is 19.4 Å². The molecule has 1 N–H and O–H groups in total. The third-order valence-corrected chi connectivity index (χ3v) is 6.36. The first-order valence-corrected chi connectivity index (χ1v) is 11.1. The summed E-state index contributed by atoms with van der Waals surface area (Å²) in [5.74, 6) is 1.60. The van der Waals surface area contributed by atoms with Crippen LogP contribution in [0, 0.1) is 0 Å². The van der Waals surface area contributed by atoms with Gasteiger partial charge in [-0.15, -0.1) is 24.0 Å². The Morgan fingerprint density at radius 1 is 1.24 bits per heavy atom. The minimum absolute atomic E-state index is 0. The van der Waals surface area contributed by atoms with Gasteiger partial charge in [-0.05, 0) is 31.5 Å². The van der Waals surface area contributed by atoms with E-state index in [1.807, 2.05) is 38.1 Å². The summed E-state index contributed by atoms with van der Waals surface area (Å²) >= 11 is 0. The summed E-state index contributed by atoms with van der Waals surface area (Å²) in [5.41, 5.74) is 1.09. The number of hydrogen-bond acceptors (Lipinski definition) is 5. The summed E-state index contributed by atoms with van der Waals surface area (Å²) in [7, 11) is 0.0929. The van der Waals surface area contributed by atoms with Crippen LogP contribution in [0.3, 0.4) is 0 Å². The van der Waals surface area contributed by atoms with Gasteiger partial charge in [0.15, 0.2) is 5.96 Å². The number of nitrogens with one attached hydrogen (secondary N) is 1. The monoisotopic (exact) mass is 540 g/mol. The number of aliphatic imine (C=N–C) groups is 1. The molecule has 1 aromatic rings. The molecule has 10 heteroatoms. The summed E-state index contributed by atoms with van der Waals surface area (Å²) in [6, 6.07) is 7.85. The fourth-order valence-corrected chi connectivity index (χ4v) is 4.28. The molecule has 0 aromatic heterocycles. The molecule has 29 heavy (non-hydrogen) atoms. The van der Waals surface area contributed by atoms with E-state index in [4.69, 9.17) is 9.47 Å². The van der Waals surface area contributed by atoms with E-state index < -0.39 is 10.0 Å². The van der Waals surface area contributed by atoms with Crippen molar-refractivity contribution in [3.63, 3.8) is 0 Å². The number of hydrogen-bond donors (Lipinski definition) is 1. The Bertz CT molecular complexity index is 750. The predicted molar refractivity (Wildman–Crippen MR) is 127 cm³/mol. The molecule has 0 radical (unpaired) electrons. The first-order valence-electron chi connectivity index (χ1n) is 9.53. The van der Waals surface area contributed by atoms with Crippen molar-refractivity contribution < 1.29 is 17.9 Å². The molecule has 0 amide bonds. The van der Waals surface area contributed by atoms with E-state index in [1.165, 1.54) is 0 Å². The van der Waals surface area contributed by atoms with Gasteiger partial charge in [0.1, 0.15) is 5.75 Å². The van der Waals surface area contributed by atoms with Gasteiger partial charge in [0.05, 0.1) is 25.6 Å². The van der Waals surface area contributed by atoms with E-state index in [9.17, 15) is 8.42 Å². The molecule has 0 saturated carbocycles. The number of sulfonamides is 1. The number of halogens is 1. The van der Waals surface area contributed by atoms with Crippen LogP contribution >= 0.6 is 24.0 Å². The summed E-state index contributed by atoms with van der Waals surface area (Å²) < 4.78 is 37.1. The zero-order chi connectivity index (χ0) is 20.6. The van der Waals surface area contributed by atoms with Crippen LogP contribution in [-0.4, -0.2) is 82.4 Å². The Hall–Kier alpha value is -1.11. The average Bonchev–Trinajstić information content (AvgIpc) is 2.68. The molecular weight excluding hydrogens is 507 g/mol. The number of nitrogens with zero attached hydrogens (tertiary/aromatic N) is 3. The second-order valence-corrected chi connectivity index (χ2v) is 8.96. The van der Waals surface area contributed by atoms with E-state index in [0.29, 0.717) is 32.7 Å². The number of benzene rings is 1. The van der Waals surface area contributed by atoms with Crippen molar-refractivity contribution >= 4 is 40.0 Å². The lowest BCUT2D eigenvalue weighted by molar-refractivity contribution is 0.0904. The van der Waals surface area contributed by atoms with Gasteiger partial charge >= 0.3 is 0 Å². The lowest BCUT2D eigenvalue weighted by Crippen LogP contribution is -2.54. The van der Waals surface area contributed by atoms with Gasteiger partial charge in [-0.25, -0.2) is 8.42 Å². The highest BCUT2D eigenvalue weighted by Crippen LogP contribution is 2.13. The summed E-state index contributed by atoms with van der Waals surface area (Å²) in [4.78, 5) is 6.42. The van der Waals surface area contributed by atoms with Gasteiger partial charge in [0.2, 0.25) is 10.0 Å². The fraction of sp³-hybridized carbons (Fsp3) is 0.632. The second kappa shape index (κ2) is 12.6. The maximum absolute atomic E-state index is 12.5. The minimum atomic E-state index is -3.29. The third-order valence-electron chi connectivity index (χ3n) is 4.52. The van der Waals surface area contributed by atoms with E-state index in [0.717, 1.165) is 17.3 Å². The molecule has 0 atom stereocenters. The Kier molecular flexibility index (Phi) is 11.2. The summed E-state index contributed by atoms with van der Waals surface area (Å²) in [6.45, 7) is 6.74. The average molecular weight is 540 g/mol. The first kappa shape index (κ1) is 25.9. The maximum Gasteiger partial charge on any atom is 0.216 e. The molecule has 0 unspecified atom stereocenters. The summed E-state index contributed by atoms with van der Waals surface area (Å²) in [5, 5.41) is 3.34. The van der Waals surface area contributed by atoms with E-state index in [2.05, 4.69) is 15.2 Å². The Labute approximate surface area is 191 Å². The van der Waals surface area contributed by atoms with Gasteiger partial charge in [0, 0.05) is 39.8 Å². The molecule has 1 saturated heterocycles. The second-order valence-electron chi connectivity index (χ2n) is 6.87. The Morgan fingerprint density at radius 3 is 2.52 bits per heavy atom. The van der Waals surface area contributed by atoms with Crippen LogP contribution in [-0.2, 0) is 21.3 Å². The van der Waals surface area contributed by atoms with E-state index in [-0.39, 0.29) is 42.4 Å². The fourth-order valence-electron chi connectivity index (χ4n) is 2.99. The lowest BCUT2D eigenvalue weighted by atomic mass is 10.2. The number of methoxy groups -OCH3 is 1. The van der Waals surface area contributed by atoms with Gasteiger partial charge in [-0.1, -0.05) is 12.1 Å². The molecule has 8 nitrogen and oxygen atoms in total. The van der Waals surface area contributed by atoms with Crippen molar-refractivity contribution in [2.45, 2.75) is 26.5 Å². The van der Waals surface area contributed by atoms with Crippen LogP contribution < -0.4 is 10.1 Å². The molecule has 1 aliphatic rings. The number of piperazine rings is 1. The van der Waals surface area contributed by atoms with Gasteiger partial charge in [-0.2, -0.15) is 4.31 Å². The van der Waals surface area contributed by atoms with Crippen molar-refractivity contribution in [2.75, 3.05) is 52.7 Å². The van der Waals surface area contributed by atoms with Crippen LogP contribution in [0.2, 0.25) is 0 Å². The smallest absolute Gasteiger partial charge is 0.216 e. The molecular formula is C19H33IN4O4S. The lowest BCUT2D eigenvalue weighted by Gasteiger charge is -2.35. The molecule has 0 bridgehead atoms. The predicted octanol–water partition coefficient (Wildman–Crippen LogP) is 1.76. The molecule has 1 aliphatic heterocycles. The zero-order valence-electron chi connectivity index (χ0n) is 17.6. The van der Waals surface area contributed by atoms with Crippen molar-refractivity contribution in [2.24, 2.45) is 4.99 Å². The molecule has 1 aromatic carbocycles. The highest BCUT2D eigenvalue weighted by molar-refractivity contribution is 14.0. The van der Waals surface area contributed by atoms with E-state index in [1.54, 1.807) is 18.5 Å². The topological polar surface area (TPSA) is 83.5 Å². The van der Waals surface area contributed by atoms with Crippen molar-refractivity contribution in [3.05, 3.63) is 29.8 Å². The first-order chi connectivity index (χ1) is 13.4. The SMILES string of the molecule is CN=C(NCc1cccc(OC)c1)N1CCN(S(=O)(=O)CCOC(C)C)CC1.I. The Balaban J connectivity index is 0.00000420. The highest BCUT2D eigenvalue weighted by atomic mass is 127. The standard InChI is InChI=1S/C19H32N4O4S.HI/c1-16(2)27-12-13-28(24,25)23-10-8-22(9-11-23)19(20-3)21-15-17-6-5-7-18(14-17)26-4;/h5-7,14,16H,8-13,15H2,1-4H3,(H,20,21);1H. The number of guanidine groups is 1. The maximum atomic E-state index is 12.5. The van der Waals surface area contributed by atoms with Crippen LogP contribution in [0.5, 0.6) is 5.75 Å². The van der Waals surface area contributed by atoms with Crippen LogP contribution in [0.15, 0.2) is 29.3 Å². The molecule has 1 heterocycles. The molecule has 166 valence electrons. The number of ether oxygens (including phenoxy) is 2. The van der Waals surface area contributed by atoms with Gasteiger partial charge in [-0.3, -0.25) is 4.99 Å². The highest BCUT2D eigenvalue weighted by Gasteiger charge is 2.27.